The minimum absolute atomic E-state index is 0.706. The molecule has 8 aromatic rings. The highest BCUT2D eigenvalue weighted by atomic mass is 32.1. The van der Waals surface area contributed by atoms with Crippen LogP contribution in [0.4, 0.5) is 0 Å². The molecule has 0 aliphatic carbocycles. The van der Waals surface area contributed by atoms with Crippen molar-refractivity contribution in [2.75, 3.05) is 0 Å². The monoisotopic (exact) mass is 683 g/mol. The number of pyridine rings is 2. The maximum absolute atomic E-state index is 4.48. The molecule has 2 aromatic carbocycles. The average molecular weight is 684 g/mol. The fraction of sp³-hybridized carbons (Fsp3) is 0. The molecule has 3 N–H and O–H groups in total. The molecule has 1 aliphatic heterocycles. The van der Waals surface area contributed by atoms with Gasteiger partial charge in [0.15, 0.2) is 0 Å². The first-order valence-corrected chi connectivity index (χ1v) is 17.7. The number of aromatic amines is 3. The number of hydrogen-bond acceptors (Lipinski definition) is 3. The van der Waals surface area contributed by atoms with Crippen molar-refractivity contribution in [2.45, 2.75) is 0 Å². The fourth-order valence-corrected chi connectivity index (χ4v) is 7.53. The number of fused-ring (bicyclic) bond motifs is 8. The number of nitrogens with one attached hydrogen (secondary N) is 3. The zero-order chi connectivity index (χ0) is 34.7. The lowest BCUT2D eigenvalue weighted by molar-refractivity contribution is 1.21. The number of thiophene rings is 1. The summed E-state index contributed by atoms with van der Waals surface area (Å²) < 4.78 is 2.17. The second-order valence-electron chi connectivity index (χ2n) is 12.2. The normalized spacial score (nSPS) is 12.2. The van der Waals surface area contributed by atoms with E-state index in [1.165, 1.54) is 0 Å². The third-order valence-electron chi connectivity index (χ3n) is 8.86. The Morgan fingerprint density at radius 3 is 1.54 bits per heavy atom. The highest BCUT2D eigenvalue weighted by molar-refractivity contribution is 7.08. The van der Waals surface area contributed by atoms with Crippen molar-refractivity contribution < 1.29 is 0 Å². The fourth-order valence-electron chi connectivity index (χ4n) is 6.43. The minimum atomic E-state index is 0.706. The van der Waals surface area contributed by atoms with Gasteiger partial charge in [-0.2, -0.15) is 0 Å². The van der Waals surface area contributed by atoms with Crippen LogP contribution < -0.4 is 19.8 Å². The van der Waals surface area contributed by atoms with Crippen LogP contribution in [0.25, 0.3) is 22.3 Å². The first-order valence-electron chi connectivity index (χ1n) is 16.9. The predicted molar refractivity (Wildman–Crippen MR) is 209 cm³/mol. The molecule has 6 heteroatoms. The van der Waals surface area contributed by atoms with Crippen LogP contribution in [0, 0.1) is 23.7 Å². The maximum atomic E-state index is 4.48. The van der Waals surface area contributed by atoms with Gasteiger partial charge in [-0.25, -0.2) is 9.97 Å². The largest absolute Gasteiger partial charge is 0.354 e. The molecule has 0 saturated carbocycles. The second-order valence-corrected chi connectivity index (χ2v) is 13.3. The number of nitrogens with zero attached hydrogens (tertiary/aromatic N) is 2. The van der Waals surface area contributed by atoms with Gasteiger partial charge < -0.3 is 15.0 Å². The maximum Gasteiger partial charge on any atom is 0.113 e. The second kappa shape index (κ2) is 13.7. The van der Waals surface area contributed by atoms with Crippen molar-refractivity contribution in [3.8, 4) is 23.7 Å². The third-order valence-corrected chi connectivity index (χ3v) is 9.98. The van der Waals surface area contributed by atoms with Gasteiger partial charge in [-0.1, -0.05) is 84.6 Å². The number of hydrogen-bond donors (Lipinski definition) is 3. The van der Waals surface area contributed by atoms with Gasteiger partial charge in [-0.15, -0.1) is 11.3 Å². The molecule has 0 fully saturated rings. The van der Waals surface area contributed by atoms with Crippen LogP contribution in [0.15, 0.2) is 158 Å². The van der Waals surface area contributed by atoms with Crippen LogP contribution in [0.5, 0.6) is 0 Å². The molecule has 0 amide bonds. The highest BCUT2D eigenvalue weighted by Crippen LogP contribution is 2.25. The zero-order valence-electron chi connectivity index (χ0n) is 27.8. The Kier molecular flexibility index (Phi) is 8.11. The summed E-state index contributed by atoms with van der Waals surface area (Å²) in [5.74, 6) is 13.6. The summed E-state index contributed by atoms with van der Waals surface area (Å²) in [6.45, 7) is 0. The standard InChI is InChI=1S/C46H29N5S/c1-3-11-31(12-4-1)45-40-24-21-37(49-40)35(19-17-33-15-7-9-29-47-33)38-22-26-42(50-38)46(32-13-5-2-6-14-32)44-28-27-43(52-44)36(39-23-25-41(45)51-39)20-18-34-16-8-10-30-48-34/h1-16,21-30,49-51H. The summed E-state index contributed by atoms with van der Waals surface area (Å²) in [6.07, 6.45) is 3.54. The van der Waals surface area contributed by atoms with Crippen LogP contribution in [0.2, 0.25) is 0 Å². The molecular formula is C46H29N5S. The first-order chi connectivity index (χ1) is 25.8. The lowest BCUT2D eigenvalue weighted by Crippen LogP contribution is -2.17. The molecule has 1 aliphatic rings. The van der Waals surface area contributed by atoms with Gasteiger partial charge in [-0.3, -0.25) is 0 Å². The van der Waals surface area contributed by atoms with Crippen LogP contribution in [0.3, 0.4) is 0 Å². The van der Waals surface area contributed by atoms with Gasteiger partial charge in [0.05, 0.1) is 27.9 Å². The molecule has 244 valence electrons. The molecule has 0 unspecified atom stereocenters. The Bertz CT molecular complexity index is 2740. The van der Waals surface area contributed by atoms with Crippen molar-refractivity contribution in [1.82, 2.24) is 24.9 Å². The van der Waals surface area contributed by atoms with Gasteiger partial charge in [0, 0.05) is 49.3 Å². The molecule has 8 bridgehead atoms. The van der Waals surface area contributed by atoms with Crippen LogP contribution >= 0.6 is 11.3 Å². The van der Waals surface area contributed by atoms with E-state index in [2.05, 4.69) is 146 Å². The number of H-pyrrole nitrogens is 3. The Hall–Kier alpha value is -7.12. The van der Waals surface area contributed by atoms with E-state index in [4.69, 9.17) is 0 Å². The smallest absolute Gasteiger partial charge is 0.113 e. The van der Waals surface area contributed by atoms with E-state index in [1.54, 1.807) is 23.7 Å². The summed E-state index contributed by atoms with van der Waals surface area (Å²) >= 11 is 1.72. The summed E-state index contributed by atoms with van der Waals surface area (Å²) in [5.41, 5.74) is 11.3. The Balaban J connectivity index is 1.38. The number of rotatable bonds is 2. The number of aromatic nitrogens is 5. The van der Waals surface area contributed by atoms with Crippen LogP contribution in [0.1, 0.15) is 45.3 Å². The summed E-state index contributed by atoms with van der Waals surface area (Å²) in [4.78, 5) is 20.2. The quantitative estimate of drug-likeness (QED) is 0.201. The van der Waals surface area contributed by atoms with Gasteiger partial charge in [0.2, 0.25) is 0 Å². The average Bonchev–Trinajstić information content (AvgIpc) is 4.04. The minimum Gasteiger partial charge on any atom is -0.354 e. The van der Waals surface area contributed by atoms with E-state index in [9.17, 15) is 0 Å². The van der Waals surface area contributed by atoms with Gasteiger partial charge in [0.25, 0.3) is 0 Å². The van der Waals surface area contributed by atoms with E-state index in [0.717, 1.165) is 81.7 Å². The lowest BCUT2D eigenvalue weighted by Gasteiger charge is -2.07. The molecule has 0 spiro atoms. The van der Waals surface area contributed by atoms with Crippen LogP contribution in [-0.2, 0) is 0 Å². The SMILES string of the molecule is C(#Cc1ccccn1)C1=c2ccc([nH]2)=C(c2ccccc2)c2ccc([nH]2)C(C#Cc2ccccn2)=c2ccc(s2)=C(c2ccccc2)c2ccc1[nH]2. The Labute approximate surface area is 304 Å². The lowest BCUT2D eigenvalue weighted by atomic mass is 10.0. The van der Waals surface area contributed by atoms with E-state index >= 15 is 0 Å². The van der Waals surface area contributed by atoms with Crippen LogP contribution in [-0.4, -0.2) is 24.9 Å². The van der Waals surface area contributed by atoms with Crippen molar-refractivity contribution in [1.29, 1.82) is 0 Å². The molecule has 52 heavy (non-hydrogen) atoms. The van der Waals surface area contributed by atoms with Crippen molar-refractivity contribution in [3.63, 3.8) is 0 Å². The molecule has 0 atom stereocenters. The van der Waals surface area contributed by atoms with Crippen molar-refractivity contribution in [3.05, 3.63) is 223 Å². The molecule has 0 saturated heterocycles. The molecular weight excluding hydrogens is 655 g/mol. The summed E-state index contributed by atoms with van der Waals surface area (Å²) in [7, 11) is 0. The highest BCUT2D eigenvalue weighted by Gasteiger charge is 2.16. The molecule has 9 rings (SSSR count). The predicted octanol–water partition coefficient (Wildman–Crippen LogP) is 5.83. The Morgan fingerprint density at radius 1 is 0.385 bits per heavy atom. The summed E-state index contributed by atoms with van der Waals surface area (Å²) in [6, 6.07) is 49.6. The Morgan fingerprint density at radius 2 is 0.904 bits per heavy atom. The first kappa shape index (κ1) is 30.9. The van der Waals surface area contributed by atoms with E-state index in [1.807, 2.05) is 48.5 Å². The topological polar surface area (TPSA) is 73.2 Å². The molecule has 0 radical (unpaired) electrons. The van der Waals surface area contributed by atoms with Gasteiger partial charge in [0.1, 0.15) is 11.4 Å². The van der Waals surface area contributed by atoms with Gasteiger partial charge in [-0.05, 0) is 95.8 Å². The third kappa shape index (κ3) is 6.12. The van der Waals surface area contributed by atoms with Crippen molar-refractivity contribution >= 4 is 33.6 Å². The zero-order valence-corrected chi connectivity index (χ0v) is 28.6. The summed E-state index contributed by atoms with van der Waals surface area (Å²) in [5, 5.41) is 1.86. The molecule has 7 heterocycles. The van der Waals surface area contributed by atoms with E-state index in [-0.39, 0.29) is 0 Å². The number of benzene rings is 2. The van der Waals surface area contributed by atoms with E-state index in [0.29, 0.717) is 5.69 Å². The van der Waals surface area contributed by atoms with E-state index < -0.39 is 0 Å². The van der Waals surface area contributed by atoms with Gasteiger partial charge >= 0.3 is 0 Å². The van der Waals surface area contributed by atoms with Crippen molar-refractivity contribution in [2.24, 2.45) is 0 Å². The molecule has 6 aromatic heterocycles. The molecule has 5 nitrogen and oxygen atoms in total.